The molecule has 2 aromatic carbocycles. The summed E-state index contributed by atoms with van der Waals surface area (Å²) in [4.78, 5) is 30.3. The van der Waals surface area contributed by atoms with Gasteiger partial charge in [0.05, 0.1) is 32.1 Å². The number of methoxy groups -OCH3 is 2. The van der Waals surface area contributed by atoms with E-state index < -0.39 is 0 Å². The summed E-state index contributed by atoms with van der Waals surface area (Å²) in [5, 5.41) is 0. The second kappa shape index (κ2) is 8.71. The number of carbonyl (C=O) groups excluding carboxylic acids is 2. The van der Waals surface area contributed by atoms with Crippen molar-refractivity contribution in [3.8, 4) is 17.2 Å². The number of hydrogen-bond donors (Lipinski definition) is 0. The first-order chi connectivity index (χ1) is 15.1. The molecule has 4 rings (SSSR count). The molecule has 2 heterocycles. The van der Waals surface area contributed by atoms with Gasteiger partial charge in [-0.1, -0.05) is 12.1 Å². The van der Waals surface area contributed by atoms with Crippen molar-refractivity contribution >= 4 is 23.1 Å². The molecule has 0 aliphatic carbocycles. The lowest BCUT2D eigenvalue weighted by Gasteiger charge is -2.20. The zero-order chi connectivity index (χ0) is 22.0. The largest absolute Gasteiger partial charge is 0.494 e. The second-order valence-electron chi connectivity index (χ2n) is 7.36. The number of rotatable bonds is 7. The van der Waals surface area contributed by atoms with Crippen molar-refractivity contribution in [2.24, 2.45) is 0 Å². The fourth-order valence-corrected chi connectivity index (χ4v) is 4.10. The maximum absolute atomic E-state index is 13.6. The van der Waals surface area contributed by atoms with Gasteiger partial charge in [0.2, 0.25) is 0 Å². The van der Waals surface area contributed by atoms with Crippen molar-refractivity contribution in [3.05, 3.63) is 53.7 Å². The van der Waals surface area contributed by atoms with Gasteiger partial charge in [-0.3, -0.25) is 9.59 Å². The minimum Gasteiger partial charge on any atom is -0.494 e. The molecule has 0 spiro atoms. The molecule has 2 aliphatic heterocycles. The molecule has 2 amide bonds. The number of imide groups is 1. The molecule has 2 aliphatic rings. The summed E-state index contributed by atoms with van der Waals surface area (Å²) >= 11 is 0. The van der Waals surface area contributed by atoms with Crippen LogP contribution in [0.5, 0.6) is 17.2 Å². The van der Waals surface area contributed by atoms with Crippen LogP contribution < -0.4 is 19.1 Å². The first-order valence-corrected chi connectivity index (χ1v) is 10.4. The van der Waals surface area contributed by atoms with Crippen LogP contribution in [0.15, 0.2) is 48.2 Å². The van der Waals surface area contributed by atoms with Crippen LogP contribution in [0, 0.1) is 0 Å². The minimum absolute atomic E-state index is 0.317. The van der Waals surface area contributed by atoms with Gasteiger partial charge in [-0.05, 0) is 49.6 Å². The zero-order valence-electron chi connectivity index (χ0n) is 18.0. The summed E-state index contributed by atoms with van der Waals surface area (Å²) in [7, 11) is 3.06. The molecule has 0 aromatic heterocycles. The highest BCUT2D eigenvalue weighted by Crippen LogP contribution is 2.39. The van der Waals surface area contributed by atoms with Gasteiger partial charge in [-0.25, -0.2) is 4.90 Å². The summed E-state index contributed by atoms with van der Waals surface area (Å²) in [6, 6.07) is 12.4. The number of nitrogens with zero attached hydrogens (tertiary/aromatic N) is 2. The molecule has 31 heavy (non-hydrogen) atoms. The van der Waals surface area contributed by atoms with E-state index in [-0.39, 0.29) is 11.8 Å². The maximum Gasteiger partial charge on any atom is 0.282 e. The molecular weight excluding hydrogens is 396 g/mol. The molecular formula is C24H26N2O5. The van der Waals surface area contributed by atoms with Crippen molar-refractivity contribution < 1.29 is 23.8 Å². The average Bonchev–Trinajstić information content (AvgIpc) is 3.40. The molecule has 0 radical (unpaired) electrons. The summed E-state index contributed by atoms with van der Waals surface area (Å²) < 4.78 is 16.2. The minimum atomic E-state index is -0.344. The van der Waals surface area contributed by atoms with Crippen LogP contribution >= 0.6 is 0 Å². The summed E-state index contributed by atoms with van der Waals surface area (Å²) in [5.41, 5.74) is 2.03. The molecule has 2 aromatic rings. The van der Waals surface area contributed by atoms with Gasteiger partial charge in [0, 0.05) is 19.2 Å². The fourth-order valence-electron chi connectivity index (χ4n) is 4.10. The lowest BCUT2D eigenvalue weighted by molar-refractivity contribution is -0.120. The predicted molar refractivity (Wildman–Crippen MR) is 117 cm³/mol. The van der Waals surface area contributed by atoms with Gasteiger partial charge in [0.1, 0.15) is 11.4 Å². The number of hydrogen-bond acceptors (Lipinski definition) is 6. The Morgan fingerprint density at radius 3 is 2.16 bits per heavy atom. The first kappa shape index (κ1) is 20.8. The monoisotopic (exact) mass is 422 g/mol. The summed E-state index contributed by atoms with van der Waals surface area (Å²) in [6.07, 6.45) is 2.00. The van der Waals surface area contributed by atoms with Crippen LogP contribution in [0.4, 0.5) is 5.69 Å². The van der Waals surface area contributed by atoms with Crippen LogP contribution in [-0.2, 0) is 9.59 Å². The Morgan fingerprint density at radius 2 is 1.55 bits per heavy atom. The molecule has 0 N–H and O–H groups in total. The third kappa shape index (κ3) is 3.71. The molecule has 1 saturated heterocycles. The van der Waals surface area contributed by atoms with E-state index in [1.54, 1.807) is 25.3 Å². The molecule has 7 heteroatoms. The van der Waals surface area contributed by atoms with E-state index in [1.165, 1.54) is 12.0 Å². The quantitative estimate of drug-likeness (QED) is 0.637. The van der Waals surface area contributed by atoms with E-state index in [2.05, 4.69) is 0 Å². The SMILES string of the molecule is CCOc1ccc(C2=C(N3CCCC3)C(=O)N(c3ccc(OC)c(OC)c3)C2=O)cc1. The Bertz CT molecular complexity index is 1020. The topological polar surface area (TPSA) is 68.3 Å². The van der Waals surface area contributed by atoms with Crippen molar-refractivity contribution in [1.82, 2.24) is 4.90 Å². The van der Waals surface area contributed by atoms with Crippen LogP contribution in [0.25, 0.3) is 5.57 Å². The van der Waals surface area contributed by atoms with Gasteiger partial charge in [-0.2, -0.15) is 0 Å². The smallest absolute Gasteiger partial charge is 0.282 e. The molecule has 0 unspecified atom stereocenters. The van der Waals surface area contributed by atoms with E-state index in [1.807, 2.05) is 36.1 Å². The second-order valence-corrected chi connectivity index (χ2v) is 7.36. The summed E-state index contributed by atoms with van der Waals surface area (Å²) in [6.45, 7) is 4.00. The van der Waals surface area contributed by atoms with Crippen molar-refractivity contribution in [2.75, 3.05) is 38.8 Å². The van der Waals surface area contributed by atoms with Crippen molar-refractivity contribution in [2.45, 2.75) is 19.8 Å². The number of anilines is 1. The Morgan fingerprint density at radius 1 is 0.871 bits per heavy atom. The normalized spacial score (nSPS) is 16.4. The number of likely N-dealkylation sites (tertiary alicyclic amines) is 1. The maximum atomic E-state index is 13.6. The highest BCUT2D eigenvalue weighted by Gasteiger charge is 2.43. The van der Waals surface area contributed by atoms with E-state index in [4.69, 9.17) is 14.2 Å². The highest BCUT2D eigenvalue weighted by atomic mass is 16.5. The average molecular weight is 422 g/mol. The van der Waals surface area contributed by atoms with E-state index in [0.29, 0.717) is 40.6 Å². The van der Waals surface area contributed by atoms with Crippen LogP contribution in [0.2, 0.25) is 0 Å². The zero-order valence-corrected chi connectivity index (χ0v) is 18.0. The van der Waals surface area contributed by atoms with E-state index in [0.717, 1.165) is 31.7 Å². The van der Waals surface area contributed by atoms with Gasteiger partial charge < -0.3 is 19.1 Å². The van der Waals surface area contributed by atoms with Crippen LogP contribution in [0.1, 0.15) is 25.3 Å². The third-order valence-corrected chi connectivity index (χ3v) is 5.56. The summed E-state index contributed by atoms with van der Waals surface area (Å²) in [5.74, 6) is 1.05. The Hall–Kier alpha value is -3.48. The van der Waals surface area contributed by atoms with Gasteiger partial charge in [0.15, 0.2) is 11.5 Å². The number of carbonyl (C=O) groups is 2. The van der Waals surface area contributed by atoms with Crippen LogP contribution in [-0.4, -0.2) is 50.6 Å². The molecule has 162 valence electrons. The molecule has 1 fully saturated rings. The first-order valence-electron chi connectivity index (χ1n) is 10.4. The molecule has 0 bridgehead atoms. The van der Waals surface area contributed by atoms with E-state index >= 15 is 0 Å². The van der Waals surface area contributed by atoms with Crippen LogP contribution in [0.3, 0.4) is 0 Å². The Labute approximate surface area is 181 Å². The lowest BCUT2D eigenvalue weighted by Crippen LogP contribution is -2.34. The predicted octanol–water partition coefficient (Wildman–Crippen LogP) is 3.48. The third-order valence-electron chi connectivity index (χ3n) is 5.56. The van der Waals surface area contributed by atoms with E-state index in [9.17, 15) is 9.59 Å². The van der Waals surface area contributed by atoms with Crippen molar-refractivity contribution in [3.63, 3.8) is 0 Å². The number of amides is 2. The van der Waals surface area contributed by atoms with Gasteiger partial charge >= 0.3 is 0 Å². The molecule has 0 atom stereocenters. The van der Waals surface area contributed by atoms with Crippen molar-refractivity contribution in [1.29, 1.82) is 0 Å². The highest BCUT2D eigenvalue weighted by molar-refractivity contribution is 6.45. The molecule has 0 saturated carbocycles. The number of benzene rings is 2. The fraction of sp³-hybridized carbons (Fsp3) is 0.333. The van der Waals surface area contributed by atoms with Gasteiger partial charge in [-0.15, -0.1) is 0 Å². The number of ether oxygens (including phenoxy) is 3. The standard InChI is InChI=1S/C24H26N2O5/c1-4-31-18-10-7-16(8-11-18)21-22(25-13-5-6-14-25)24(28)26(23(21)27)17-9-12-19(29-2)20(15-17)30-3/h7-12,15H,4-6,13-14H2,1-3H3. The Kier molecular flexibility index (Phi) is 5.84. The Balaban J connectivity index is 1.77. The molecule has 7 nitrogen and oxygen atoms in total. The lowest BCUT2D eigenvalue weighted by atomic mass is 10.0. The van der Waals surface area contributed by atoms with Gasteiger partial charge in [0.25, 0.3) is 11.8 Å².